The summed E-state index contributed by atoms with van der Waals surface area (Å²) in [5.74, 6) is -0.404. The first kappa shape index (κ1) is 21.7. The first-order valence-corrected chi connectivity index (χ1v) is 13.4. The van der Waals surface area contributed by atoms with Crippen molar-refractivity contribution in [1.29, 1.82) is 0 Å². The van der Waals surface area contributed by atoms with Gasteiger partial charge in [-0.1, -0.05) is 55.2 Å². The van der Waals surface area contributed by atoms with Gasteiger partial charge in [0.1, 0.15) is 0 Å². The molecule has 0 bridgehead atoms. The molecule has 0 fully saturated rings. The van der Waals surface area contributed by atoms with Crippen LogP contribution in [0.5, 0.6) is 0 Å². The topological polar surface area (TPSA) is 54.5 Å². The second kappa shape index (κ2) is 7.48. The molecule has 0 heterocycles. The lowest BCUT2D eigenvalue weighted by molar-refractivity contribution is -0.123. The molecule has 1 rings (SSSR count). The van der Waals surface area contributed by atoms with Crippen LogP contribution in [0.25, 0.3) is 0 Å². The molecular weight excluding hydrogens is 430 g/mol. The van der Waals surface area contributed by atoms with Crippen LogP contribution in [0.2, 0.25) is 23.2 Å². The number of rotatable bonds is 5. The number of alkyl halides is 1. The average Bonchev–Trinajstić information content (AvgIpc) is 2.45. The lowest BCUT2D eigenvalue weighted by Crippen LogP contribution is -2.61. The lowest BCUT2D eigenvalue weighted by Gasteiger charge is -2.45. The molecule has 0 saturated heterocycles. The zero-order valence-corrected chi connectivity index (χ0v) is 19.1. The van der Waals surface area contributed by atoms with E-state index in [0.29, 0.717) is 11.4 Å². The van der Waals surface area contributed by atoms with E-state index >= 15 is 0 Å². The van der Waals surface area contributed by atoms with Crippen molar-refractivity contribution in [3.8, 4) is 0 Å². The van der Waals surface area contributed by atoms with Gasteiger partial charge in [-0.15, -0.1) is 0 Å². The van der Waals surface area contributed by atoms with Gasteiger partial charge < -0.3 is 0 Å². The summed E-state index contributed by atoms with van der Waals surface area (Å²) in [5, 5.41) is 0.133. The van der Waals surface area contributed by atoms with E-state index < -0.39 is 29.0 Å². The number of carbonyl (C=O) groups excluding carboxylic acids is 1. The van der Waals surface area contributed by atoms with Gasteiger partial charge in [0.15, 0.2) is 8.24 Å². The van der Waals surface area contributed by atoms with Gasteiger partial charge in [-0.2, -0.15) is 0 Å². The normalized spacial score (nSPS) is 14.3. The summed E-state index contributed by atoms with van der Waals surface area (Å²) in [4.78, 5) is 12.5. The second-order valence-electron chi connectivity index (χ2n) is 7.25. The SMILES string of the molecule is CCC(Br)C(=O)N([Si](C)(C)C(C)(C)C)S(=O)(=O)c1ccc(Cl)cc1. The Labute approximate surface area is 159 Å². The molecule has 1 aromatic carbocycles. The van der Waals surface area contributed by atoms with Crippen LogP contribution in [0.1, 0.15) is 34.1 Å². The lowest BCUT2D eigenvalue weighted by atomic mass is 10.2. The number of carbonyl (C=O) groups is 1. The Kier molecular flexibility index (Phi) is 6.75. The van der Waals surface area contributed by atoms with Crippen LogP contribution in [0.15, 0.2) is 29.2 Å². The second-order valence-corrected chi connectivity index (χ2v) is 16.0. The van der Waals surface area contributed by atoms with Gasteiger partial charge in [0, 0.05) is 5.02 Å². The van der Waals surface area contributed by atoms with Gasteiger partial charge in [0.05, 0.1) is 9.72 Å². The van der Waals surface area contributed by atoms with Gasteiger partial charge in [-0.05, 0) is 48.8 Å². The summed E-state index contributed by atoms with van der Waals surface area (Å²) >= 11 is 9.19. The summed E-state index contributed by atoms with van der Waals surface area (Å²) in [6.45, 7) is 11.6. The minimum absolute atomic E-state index is 0.0841. The zero-order chi connectivity index (χ0) is 18.9. The van der Waals surface area contributed by atoms with E-state index in [0.717, 1.165) is 3.97 Å². The highest BCUT2D eigenvalue weighted by Crippen LogP contribution is 2.41. The van der Waals surface area contributed by atoms with Crippen LogP contribution < -0.4 is 0 Å². The molecular formula is C16H25BrClNO3SSi. The quantitative estimate of drug-likeness (QED) is 0.463. The van der Waals surface area contributed by atoms with Crippen LogP contribution >= 0.6 is 27.5 Å². The summed E-state index contributed by atoms with van der Waals surface area (Å²) < 4.78 is 27.7. The maximum Gasteiger partial charge on any atom is 0.259 e. The standard InChI is InChI=1S/C16H25BrClNO3SSi/c1-7-14(17)15(20)19(24(5,6)16(2,3)4)23(21,22)13-10-8-12(18)9-11-13/h8-11,14H,7H2,1-6H3. The third-order valence-corrected chi connectivity index (χ3v) is 14.3. The fourth-order valence-electron chi connectivity index (χ4n) is 2.01. The van der Waals surface area contributed by atoms with Gasteiger partial charge in [-0.25, -0.2) is 8.42 Å². The molecule has 0 radical (unpaired) electrons. The van der Waals surface area contributed by atoms with Gasteiger partial charge >= 0.3 is 0 Å². The predicted molar refractivity (Wildman–Crippen MR) is 106 cm³/mol. The molecule has 136 valence electrons. The number of sulfonamides is 1. The van der Waals surface area contributed by atoms with E-state index in [9.17, 15) is 13.2 Å². The van der Waals surface area contributed by atoms with Gasteiger partial charge in [0.25, 0.3) is 10.0 Å². The first-order chi connectivity index (χ1) is 10.8. The van der Waals surface area contributed by atoms with E-state index in [1.165, 1.54) is 24.3 Å². The highest BCUT2D eigenvalue weighted by atomic mass is 79.9. The molecule has 1 amide bonds. The Hall–Kier alpha value is -0.373. The molecule has 0 aromatic heterocycles. The fraction of sp³-hybridized carbons (Fsp3) is 0.562. The Balaban J connectivity index is 3.59. The van der Waals surface area contributed by atoms with E-state index in [-0.39, 0.29) is 9.93 Å². The van der Waals surface area contributed by atoms with Crippen molar-refractivity contribution in [2.45, 2.75) is 62.0 Å². The largest absolute Gasteiger partial charge is 0.273 e. The van der Waals surface area contributed by atoms with E-state index in [4.69, 9.17) is 11.6 Å². The number of benzene rings is 1. The van der Waals surface area contributed by atoms with Crippen molar-refractivity contribution in [3.63, 3.8) is 0 Å². The van der Waals surface area contributed by atoms with E-state index in [1.54, 1.807) is 0 Å². The Bertz CT molecular complexity index is 699. The van der Waals surface area contributed by atoms with Crippen LogP contribution in [0.3, 0.4) is 0 Å². The average molecular weight is 455 g/mol. The van der Waals surface area contributed by atoms with Gasteiger partial charge in [-0.3, -0.25) is 8.77 Å². The van der Waals surface area contributed by atoms with Gasteiger partial charge in [0.2, 0.25) is 5.91 Å². The van der Waals surface area contributed by atoms with Crippen LogP contribution in [0.4, 0.5) is 0 Å². The molecule has 24 heavy (non-hydrogen) atoms. The highest BCUT2D eigenvalue weighted by molar-refractivity contribution is 9.10. The van der Waals surface area contributed by atoms with E-state index in [2.05, 4.69) is 15.9 Å². The maximum absolute atomic E-state index is 13.3. The molecule has 0 saturated carbocycles. The van der Waals surface area contributed by atoms with Crippen molar-refractivity contribution in [2.24, 2.45) is 0 Å². The van der Waals surface area contributed by atoms with E-state index in [1.807, 2.05) is 40.8 Å². The van der Waals surface area contributed by atoms with Crippen molar-refractivity contribution >= 4 is 51.7 Å². The molecule has 0 aliphatic carbocycles. The van der Waals surface area contributed by atoms with Crippen LogP contribution in [-0.4, -0.2) is 31.4 Å². The third-order valence-electron chi connectivity index (χ3n) is 4.52. The molecule has 1 atom stereocenters. The number of halogens is 2. The zero-order valence-electron chi connectivity index (χ0n) is 14.9. The fourth-order valence-corrected chi connectivity index (χ4v) is 8.58. The third kappa shape index (κ3) is 4.23. The molecule has 8 heteroatoms. The monoisotopic (exact) mass is 453 g/mol. The smallest absolute Gasteiger partial charge is 0.259 e. The van der Waals surface area contributed by atoms with Crippen molar-refractivity contribution in [1.82, 2.24) is 3.97 Å². The Morgan fingerprint density at radius 1 is 1.25 bits per heavy atom. The summed E-state index contributed by atoms with van der Waals surface area (Å²) in [7, 11) is -6.63. The highest BCUT2D eigenvalue weighted by Gasteiger charge is 2.50. The van der Waals surface area contributed by atoms with Crippen LogP contribution in [0, 0.1) is 0 Å². The molecule has 4 nitrogen and oxygen atoms in total. The number of hydrogen-bond donors (Lipinski definition) is 0. The molecule has 1 unspecified atom stereocenters. The minimum atomic E-state index is -3.96. The summed E-state index contributed by atoms with van der Waals surface area (Å²) in [6.07, 6.45) is 0.514. The predicted octanol–water partition coefficient (Wildman–Crippen LogP) is 5.04. The van der Waals surface area contributed by atoms with Crippen molar-refractivity contribution < 1.29 is 13.2 Å². The number of amides is 1. The number of nitrogens with zero attached hydrogens (tertiary/aromatic N) is 1. The first-order valence-electron chi connectivity index (χ1n) is 7.75. The Morgan fingerprint density at radius 3 is 2.08 bits per heavy atom. The maximum atomic E-state index is 13.3. The molecule has 0 aliphatic heterocycles. The molecule has 0 aliphatic rings. The molecule has 0 N–H and O–H groups in total. The summed E-state index contributed by atoms with van der Waals surface area (Å²) in [5.41, 5.74) is 0. The number of hydrogen-bond acceptors (Lipinski definition) is 3. The van der Waals surface area contributed by atoms with Crippen molar-refractivity contribution in [2.75, 3.05) is 0 Å². The molecule has 0 spiro atoms. The Morgan fingerprint density at radius 2 is 1.71 bits per heavy atom. The molecule has 1 aromatic rings. The van der Waals surface area contributed by atoms with Crippen LogP contribution in [-0.2, 0) is 14.8 Å². The minimum Gasteiger partial charge on any atom is -0.273 e. The van der Waals surface area contributed by atoms with Crippen molar-refractivity contribution in [3.05, 3.63) is 29.3 Å². The summed E-state index contributed by atoms with van der Waals surface area (Å²) in [6, 6.07) is 5.93.